The van der Waals surface area contributed by atoms with Gasteiger partial charge in [-0.05, 0) is 35.9 Å². The zero-order chi connectivity index (χ0) is 21.1. The summed E-state index contributed by atoms with van der Waals surface area (Å²) in [5.41, 5.74) is 2.11. The van der Waals surface area contributed by atoms with Crippen LogP contribution in [0.3, 0.4) is 0 Å². The van der Waals surface area contributed by atoms with Crippen LogP contribution in [0, 0.1) is 0 Å². The molecule has 0 bridgehead atoms. The van der Waals surface area contributed by atoms with Gasteiger partial charge >= 0.3 is 0 Å². The van der Waals surface area contributed by atoms with Gasteiger partial charge in [0, 0.05) is 27.3 Å². The first-order chi connectivity index (χ1) is 14.4. The third-order valence-electron chi connectivity index (χ3n) is 4.73. The Kier molecular flexibility index (Phi) is 5.74. The normalized spacial score (nSPS) is 11.5. The second kappa shape index (κ2) is 8.45. The van der Waals surface area contributed by atoms with Crippen molar-refractivity contribution in [2.45, 2.75) is 17.2 Å². The zero-order valence-corrected chi connectivity index (χ0v) is 18.4. The first kappa shape index (κ1) is 20.4. The molecule has 152 valence electrons. The van der Waals surface area contributed by atoms with Crippen molar-refractivity contribution in [3.63, 3.8) is 0 Å². The fourth-order valence-corrected chi connectivity index (χ4v) is 5.20. The minimum Gasteiger partial charge on any atom is -0.337 e. The van der Waals surface area contributed by atoms with E-state index in [1.807, 2.05) is 42.5 Å². The molecule has 0 aliphatic rings. The molecule has 1 aromatic heterocycles. The lowest BCUT2D eigenvalue weighted by atomic mass is 10.2. The molecule has 4 rings (SSSR count). The van der Waals surface area contributed by atoms with E-state index in [1.165, 1.54) is 0 Å². The Morgan fingerprint density at radius 3 is 2.30 bits per heavy atom. The molecule has 0 aliphatic heterocycles. The molecule has 3 aromatic carbocycles. The number of benzene rings is 3. The van der Waals surface area contributed by atoms with E-state index in [9.17, 15) is 13.2 Å². The first-order valence-electron chi connectivity index (χ1n) is 9.32. The van der Waals surface area contributed by atoms with Crippen molar-refractivity contribution in [1.82, 2.24) is 4.57 Å². The molecule has 0 aliphatic carbocycles. The number of aromatic nitrogens is 1. The van der Waals surface area contributed by atoms with Gasteiger partial charge in [0.2, 0.25) is 5.91 Å². The molecule has 1 heterocycles. The molecule has 5 nitrogen and oxygen atoms in total. The number of nitrogens with one attached hydrogen (secondary N) is 1. The van der Waals surface area contributed by atoms with Crippen LogP contribution in [0.2, 0.25) is 0 Å². The predicted octanol–water partition coefficient (Wildman–Crippen LogP) is 5.02. The number of rotatable bonds is 6. The SMILES string of the molecule is O=C(Cn1cc(S(=O)(=O)Cc2ccccc2)c2ccccc21)Nc1ccc(Br)cc1. The summed E-state index contributed by atoms with van der Waals surface area (Å²) in [5, 5.41) is 3.46. The monoisotopic (exact) mass is 482 g/mol. The van der Waals surface area contributed by atoms with Crippen LogP contribution < -0.4 is 5.32 Å². The summed E-state index contributed by atoms with van der Waals surface area (Å²) in [4.78, 5) is 12.8. The van der Waals surface area contributed by atoms with Crippen LogP contribution in [0.4, 0.5) is 5.69 Å². The van der Waals surface area contributed by atoms with Crippen molar-refractivity contribution in [2.24, 2.45) is 0 Å². The molecule has 4 aromatic rings. The van der Waals surface area contributed by atoms with E-state index in [2.05, 4.69) is 21.2 Å². The van der Waals surface area contributed by atoms with E-state index in [4.69, 9.17) is 0 Å². The summed E-state index contributed by atoms with van der Waals surface area (Å²) in [6, 6.07) is 23.6. The Morgan fingerprint density at radius 1 is 0.900 bits per heavy atom. The van der Waals surface area contributed by atoms with Crippen LogP contribution in [0.15, 0.2) is 94.4 Å². The van der Waals surface area contributed by atoms with Crippen molar-refractivity contribution in [3.05, 3.63) is 95.1 Å². The standard InChI is InChI=1S/C23H19BrN2O3S/c24-18-10-12-19(13-11-18)25-23(27)15-26-14-22(20-8-4-5-9-21(20)26)30(28,29)16-17-6-2-1-3-7-17/h1-14H,15-16H2,(H,25,27). The quantitative estimate of drug-likeness (QED) is 0.419. The summed E-state index contributed by atoms with van der Waals surface area (Å²) in [7, 11) is -3.58. The maximum atomic E-state index is 13.1. The van der Waals surface area contributed by atoms with E-state index in [0.29, 0.717) is 16.6 Å². The smallest absolute Gasteiger partial charge is 0.244 e. The number of halogens is 1. The number of para-hydroxylation sites is 1. The molecular weight excluding hydrogens is 464 g/mol. The number of hydrogen-bond acceptors (Lipinski definition) is 3. The number of carbonyl (C=O) groups excluding carboxylic acids is 1. The number of sulfone groups is 1. The molecule has 0 fully saturated rings. The Labute approximate surface area is 183 Å². The number of hydrogen-bond donors (Lipinski definition) is 1. The lowest BCUT2D eigenvalue weighted by Gasteiger charge is -2.07. The largest absolute Gasteiger partial charge is 0.337 e. The Hall–Kier alpha value is -2.90. The molecule has 30 heavy (non-hydrogen) atoms. The van der Waals surface area contributed by atoms with E-state index < -0.39 is 9.84 Å². The Balaban J connectivity index is 1.63. The summed E-state index contributed by atoms with van der Waals surface area (Å²) < 4.78 is 28.8. The van der Waals surface area contributed by atoms with Gasteiger partial charge in [-0.2, -0.15) is 0 Å². The first-order valence-corrected chi connectivity index (χ1v) is 11.8. The molecule has 0 saturated carbocycles. The second-order valence-electron chi connectivity index (χ2n) is 6.94. The summed E-state index contributed by atoms with van der Waals surface area (Å²) in [6.45, 7) is 0.0113. The number of amides is 1. The number of nitrogens with zero attached hydrogens (tertiary/aromatic N) is 1. The highest BCUT2D eigenvalue weighted by Crippen LogP contribution is 2.28. The lowest BCUT2D eigenvalue weighted by molar-refractivity contribution is -0.116. The average Bonchev–Trinajstić information content (AvgIpc) is 3.10. The summed E-state index contributed by atoms with van der Waals surface area (Å²) in [6.07, 6.45) is 1.56. The third kappa shape index (κ3) is 4.47. The second-order valence-corrected chi connectivity index (χ2v) is 9.81. The van der Waals surface area contributed by atoms with Crippen molar-refractivity contribution < 1.29 is 13.2 Å². The predicted molar refractivity (Wildman–Crippen MR) is 122 cm³/mol. The van der Waals surface area contributed by atoms with Gasteiger partial charge in [0.15, 0.2) is 9.84 Å². The van der Waals surface area contributed by atoms with Gasteiger partial charge in [0.25, 0.3) is 0 Å². The van der Waals surface area contributed by atoms with Crippen LogP contribution in [0.5, 0.6) is 0 Å². The van der Waals surface area contributed by atoms with E-state index in [0.717, 1.165) is 10.0 Å². The van der Waals surface area contributed by atoms with Gasteiger partial charge in [0.05, 0.1) is 10.6 Å². The van der Waals surface area contributed by atoms with Crippen LogP contribution in [0.25, 0.3) is 10.9 Å². The fourth-order valence-electron chi connectivity index (χ4n) is 3.35. The maximum absolute atomic E-state index is 13.1. The van der Waals surface area contributed by atoms with E-state index in [-0.39, 0.29) is 23.1 Å². The minimum absolute atomic E-state index is 0.0113. The van der Waals surface area contributed by atoms with Crippen molar-refractivity contribution >= 4 is 48.3 Å². The molecule has 0 unspecified atom stereocenters. The van der Waals surface area contributed by atoms with Gasteiger partial charge in [0.1, 0.15) is 6.54 Å². The molecular formula is C23H19BrN2O3S. The zero-order valence-electron chi connectivity index (χ0n) is 16.0. The minimum atomic E-state index is -3.58. The highest BCUT2D eigenvalue weighted by molar-refractivity contribution is 9.10. The maximum Gasteiger partial charge on any atom is 0.244 e. The van der Waals surface area contributed by atoms with Gasteiger partial charge in [-0.1, -0.05) is 64.5 Å². The molecule has 7 heteroatoms. The van der Waals surface area contributed by atoms with Crippen molar-refractivity contribution in [3.8, 4) is 0 Å². The summed E-state index contributed by atoms with van der Waals surface area (Å²) in [5.74, 6) is -0.322. The molecule has 0 radical (unpaired) electrons. The third-order valence-corrected chi connectivity index (χ3v) is 6.97. The Morgan fingerprint density at radius 2 is 1.57 bits per heavy atom. The van der Waals surface area contributed by atoms with Gasteiger partial charge in [-0.3, -0.25) is 4.79 Å². The topological polar surface area (TPSA) is 68.2 Å². The summed E-state index contributed by atoms with van der Waals surface area (Å²) >= 11 is 3.36. The van der Waals surface area contributed by atoms with E-state index in [1.54, 1.807) is 47.2 Å². The van der Waals surface area contributed by atoms with Gasteiger partial charge in [-0.15, -0.1) is 0 Å². The molecule has 0 saturated heterocycles. The van der Waals surface area contributed by atoms with Crippen molar-refractivity contribution in [2.75, 3.05) is 5.32 Å². The van der Waals surface area contributed by atoms with Crippen LogP contribution >= 0.6 is 15.9 Å². The average molecular weight is 483 g/mol. The Bertz CT molecular complexity index is 1300. The van der Waals surface area contributed by atoms with Crippen LogP contribution in [-0.2, 0) is 26.9 Å². The van der Waals surface area contributed by atoms with Crippen LogP contribution in [0.1, 0.15) is 5.56 Å². The number of carbonyl (C=O) groups is 1. The van der Waals surface area contributed by atoms with Crippen LogP contribution in [-0.4, -0.2) is 18.9 Å². The van der Waals surface area contributed by atoms with Gasteiger partial charge < -0.3 is 9.88 Å². The van der Waals surface area contributed by atoms with Gasteiger partial charge in [-0.25, -0.2) is 8.42 Å². The number of fused-ring (bicyclic) bond motifs is 1. The molecule has 0 atom stereocenters. The highest BCUT2D eigenvalue weighted by atomic mass is 79.9. The molecule has 1 N–H and O–H groups in total. The lowest BCUT2D eigenvalue weighted by Crippen LogP contribution is -2.18. The van der Waals surface area contributed by atoms with Crippen molar-refractivity contribution in [1.29, 1.82) is 0 Å². The number of anilines is 1. The van der Waals surface area contributed by atoms with E-state index >= 15 is 0 Å². The highest BCUT2D eigenvalue weighted by Gasteiger charge is 2.22. The molecule has 1 amide bonds. The fraction of sp³-hybridized carbons (Fsp3) is 0.0870. The molecule has 0 spiro atoms.